The monoisotopic (exact) mass is 291 g/mol. The van der Waals surface area contributed by atoms with E-state index >= 15 is 0 Å². The van der Waals surface area contributed by atoms with E-state index in [4.69, 9.17) is 16.3 Å². The van der Waals surface area contributed by atoms with Crippen LogP contribution in [0.15, 0.2) is 30.3 Å². The molecule has 0 amide bonds. The molecule has 0 spiro atoms. The predicted molar refractivity (Wildman–Crippen MR) is 81.7 cm³/mol. The molecular formula is C15H18ClN3O. The van der Waals surface area contributed by atoms with Gasteiger partial charge < -0.3 is 9.64 Å². The Morgan fingerprint density at radius 2 is 1.85 bits per heavy atom. The average Bonchev–Trinajstić information content (AvgIpc) is 2.37. The molecule has 0 aliphatic rings. The minimum atomic E-state index is 0.549. The highest BCUT2D eigenvalue weighted by molar-refractivity contribution is 6.30. The first-order valence-electron chi connectivity index (χ1n) is 6.46. The zero-order chi connectivity index (χ0) is 14.5. The fraction of sp³-hybridized carbons (Fsp3) is 0.333. The summed E-state index contributed by atoms with van der Waals surface area (Å²) in [6, 6.07) is 9.34. The van der Waals surface area contributed by atoms with Crippen LogP contribution in [0.25, 0.3) is 0 Å². The summed E-state index contributed by atoms with van der Waals surface area (Å²) in [7, 11) is 1.95. The first-order valence-corrected chi connectivity index (χ1v) is 6.84. The van der Waals surface area contributed by atoms with Crippen molar-refractivity contribution in [2.75, 3.05) is 25.1 Å². The first kappa shape index (κ1) is 14.6. The lowest BCUT2D eigenvalue weighted by Crippen LogP contribution is -2.26. The number of aryl methyl sites for hydroxylation is 2. The van der Waals surface area contributed by atoms with Crippen molar-refractivity contribution in [3.8, 4) is 5.75 Å². The number of halogens is 1. The molecule has 1 aromatic heterocycles. The lowest BCUT2D eigenvalue weighted by molar-refractivity contribution is 0.325. The third-order valence-electron chi connectivity index (χ3n) is 2.80. The Hall–Kier alpha value is -1.81. The molecule has 0 aliphatic carbocycles. The highest BCUT2D eigenvalue weighted by Gasteiger charge is 2.06. The molecule has 0 unspecified atom stereocenters. The Morgan fingerprint density at radius 3 is 2.50 bits per heavy atom. The van der Waals surface area contributed by atoms with Crippen LogP contribution in [0.1, 0.15) is 11.4 Å². The summed E-state index contributed by atoms with van der Waals surface area (Å²) in [4.78, 5) is 10.8. The van der Waals surface area contributed by atoms with Crippen molar-refractivity contribution in [2.45, 2.75) is 13.8 Å². The summed E-state index contributed by atoms with van der Waals surface area (Å²) >= 11 is 5.91. The number of hydrogen-bond acceptors (Lipinski definition) is 4. The number of benzene rings is 1. The lowest BCUT2D eigenvalue weighted by Gasteiger charge is -2.18. The summed E-state index contributed by atoms with van der Waals surface area (Å²) in [5, 5.41) is 0.675. The number of aromatic nitrogens is 2. The van der Waals surface area contributed by atoms with E-state index in [2.05, 4.69) is 9.97 Å². The molecule has 5 heteroatoms. The lowest BCUT2D eigenvalue weighted by atomic mass is 10.3. The minimum absolute atomic E-state index is 0.549. The Labute approximate surface area is 124 Å². The molecule has 1 heterocycles. The molecule has 106 valence electrons. The van der Waals surface area contributed by atoms with Crippen LogP contribution in [0, 0.1) is 13.8 Å². The molecule has 0 atom stereocenters. The number of anilines is 1. The molecule has 2 aromatic rings. The molecule has 0 fully saturated rings. The maximum atomic E-state index is 5.91. The molecule has 0 aliphatic heterocycles. The van der Waals surface area contributed by atoms with Crippen molar-refractivity contribution in [2.24, 2.45) is 0 Å². The van der Waals surface area contributed by atoms with Gasteiger partial charge in [-0.05, 0) is 38.1 Å². The first-order chi connectivity index (χ1) is 9.54. The SMILES string of the molecule is Cc1cc(C)nc(N(C)CCOc2cccc(Cl)c2)n1. The summed E-state index contributed by atoms with van der Waals surface area (Å²) in [5.41, 5.74) is 1.94. The summed E-state index contributed by atoms with van der Waals surface area (Å²) in [6.07, 6.45) is 0. The van der Waals surface area contributed by atoms with Gasteiger partial charge in [0.1, 0.15) is 12.4 Å². The van der Waals surface area contributed by atoms with Crippen LogP contribution >= 0.6 is 11.6 Å². The zero-order valence-electron chi connectivity index (χ0n) is 11.9. The van der Waals surface area contributed by atoms with Crippen LogP contribution in [0.5, 0.6) is 5.75 Å². The number of hydrogen-bond donors (Lipinski definition) is 0. The largest absolute Gasteiger partial charge is 0.492 e. The van der Waals surface area contributed by atoms with Gasteiger partial charge in [-0.2, -0.15) is 0 Å². The third kappa shape index (κ3) is 4.10. The molecule has 0 N–H and O–H groups in total. The molecular weight excluding hydrogens is 274 g/mol. The van der Waals surface area contributed by atoms with E-state index in [0.29, 0.717) is 18.2 Å². The smallest absolute Gasteiger partial charge is 0.225 e. The Bertz CT molecular complexity index is 569. The second-order valence-electron chi connectivity index (χ2n) is 4.68. The molecule has 0 radical (unpaired) electrons. The van der Waals surface area contributed by atoms with Crippen molar-refractivity contribution < 1.29 is 4.74 Å². The summed E-state index contributed by atoms with van der Waals surface area (Å²) < 4.78 is 5.66. The Morgan fingerprint density at radius 1 is 1.15 bits per heavy atom. The maximum absolute atomic E-state index is 5.91. The molecule has 1 aromatic carbocycles. The van der Waals surface area contributed by atoms with Crippen LogP contribution in [0.2, 0.25) is 5.02 Å². The van der Waals surface area contributed by atoms with Crippen molar-refractivity contribution in [3.63, 3.8) is 0 Å². The van der Waals surface area contributed by atoms with Gasteiger partial charge in [0.05, 0.1) is 6.54 Å². The van der Waals surface area contributed by atoms with Gasteiger partial charge in [-0.15, -0.1) is 0 Å². The standard InChI is InChI=1S/C15H18ClN3O/c1-11-9-12(2)18-15(17-11)19(3)7-8-20-14-6-4-5-13(16)10-14/h4-6,9-10H,7-8H2,1-3H3. The van der Waals surface area contributed by atoms with Gasteiger partial charge in [-0.25, -0.2) is 9.97 Å². The molecule has 2 rings (SSSR count). The van der Waals surface area contributed by atoms with Gasteiger partial charge in [0, 0.05) is 23.5 Å². The second-order valence-corrected chi connectivity index (χ2v) is 5.11. The van der Waals surface area contributed by atoms with E-state index in [-0.39, 0.29) is 0 Å². The van der Waals surface area contributed by atoms with Crippen molar-refractivity contribution in [1.29, 1.82) is 0 Å². The summed E-state index contributed by atoms with van der Waals surface area (Å²) in [6.45, 7) is 5.19. The summed E-state index contributed by atoms with van der Waals surface area (Å²) in [5.74, 6) is 1.49. The van der Waals surface area contributed by atoms with E-state index in [9.17, 15) is 0 Å². The molecule has 4 nitrogen and oxygen atoms in total. The van der Waals surface area contributed by atoms with Gasteiger partial charge in [0.25, 0.3) is 0 Å². The maximum Gasteiger partial charge on any atom is 0.225 e. The van der Waals surface area contributed by atoms with Gasteiger partial charge >= 0.3 is 0 Å². The van der Waals surface area contributed by atoms with E-state index in [1.165, 1.54) is 0 Å². The van der Waals surface area contributed by atoms with Crippen molar-refractivity contribution in [3.05, 3.63) is 46.7 Å². The number of likely N-dealkylation sites (N-methyl/N-ethyl adjacent to an activating group) is 1. The Kier molecular flexibility index (Phi) is 4.79. The van der Waals surface area contributed by atoms with E-state index in [0.717, 1.165) is 23.1 Å². The molecule has 20 heavy (non-hydrogen) atoms. The van der Waals surface area contributed by atoms with Crippen molar-refractivity contribution in [1.82, 2.24) is 9.97 Å². The highest BCUT2D eigenvalue weighted by Crippen LogP contribution is 2.17. The number of rotatable bonds is 5. The molecule has 0 saturated carbocycles. The quantitative estimate of drug-likeness (QED) is 0.847. The number of nitrogens with zero attached hydrogens (tertiary/aromatic N) is 3. The van der Waals surface area contributed by atoms with Crippen LogP contribution < -0.4 is 9.64 Å². The van der Waals surface area contributed by atoms with Crippen LogP contribution in [-0.2, 0) is 0 Å². The topological polar surface area (TPSA) is 38.2 Å². The molecule has 0 bridgehead atoms. The second kappa shape index (κ2) is 6.57. The Balaban J connectivity index is 1.90. The average molecular weight is 292 g/mol. The van der Waals surface area contributed by atoms with E-state index in [1.807, 2.05) is 50.1 Å². The van der Waals surface area contributed by atoms with Crippen molar-refractivity contribution >= 4 is 17.5 Å². The molecule has 0 saturated heterocycles. The van der Waals surface area contributed by atoms with Gasteiger partial charge in [-0.1, -0.05) is 17.7 Å². The van der Waals surface area contributed by atoms with Gasteiger partial charge in [0.2, 0.25) is 5.95 Å². The van der Waals surface area contributed by atoms with Crippen LogP contribution in [0.4, 0.5) is 5.95 Å². The predicted octanol–water partition coefficient (Wildman–Crippen LogP) is 3.26. The van der Waals surface area contributed by atoms with Crippen LogP contribution in [-0.4, -0.2) is 30.2 Å². The zero-order valence-corrected chi connectivity index (χ0v) is 12.7. The van der Waals surface area contributed by atoms with E-state index < -0.39 is 0 Å². The fourth-order valence-corrected chi connectivity index (χ4v) is 2.02. The highest BCUT2D eigenvalue weighted by atomic mass is 35.5. The minimum Gasteiger partial charge on any atom is -0.492 e. The fourth-order valence-electron chi connectivity index (χ4n) is 1.84. The third-order valence-corrected chi connectivity index (χ3v) is 3.04. The van der Waals surface area contributed by atoms with Gasteiger partial charge in [-0.3, -0.25) is 0 Å². The van der Waals surface area contributed by atoms with Crippen LogP contribution in [0.3, 0.4) is 0 Å². The van der Waals surface area contributed by atoms with Gasteiger partial charge in [0.15, 0.2) is 0 Å². The normalized spacial score (nSPS) is 10.4. The number of ether oxygens (including phenoxy) is 1. The van der Waals surface area contributed by atoms with E-state index in [1.54, 1.807) is 6.07 Å².